The van der Waals surface area contributed by atoms with Crippen LogP contribution in [0.15, 0.2) is 30.4 Å². The van der Waals surface area contributed by atoms with Crippen molar-refractivity contribution in [3.05, 3.63) is 35.9 Å². The van der Waals surface area contributed by atoms with Gasteiger partial charge in [-0.05, 0) is 30.5 Å². The van der Waals surface area contributed by atoms with Gasteiger partial charge in [-0.2, -0.15) is 0 Å². The van der Waals surface area contributed by atoms with Crippen molar-refractivity contribution in [2.75, 3.05) is 25.2 Å². The van der Waals surface area contributed by atoms with Gasteiger partial charge in [0, 0.05) is 11.5 Å². The molecule has 0 saturated carbocycles. The molecule has 0 bridgehead atoms. The van der Waals surface area contributed by atoms with Crippen LogP contribution in [0.25, 0.3) is 0 Å². The number of ether oxygens (including phenoxy) is 2. The van der Waals surface area contributed by atoms with Gasteiger partial charge in [0.2, 0.25) is 11.8 Å². The second-order valence-corrected chi connectivity index (χ2v) is 9.60. The number of hydrogen-bond donors (Lipinski definition) is 0. The molecule has 3 aliphatic rings. The number of thioether (sulfide) groups is 2. The average Bonchev–Trinajstić information content (AvgIpc) is 3.33. The molecule has 2 saturated heterocycles. The highest BCUT2D eigenvalue weighted by Crippen LogP contribution is 2.47. The van der Waals surface area contributed by atoms with E-state index in [0.717, 1.165) is 22.0 Å². The van der Waals surface area contributed by atoms with Crippen molar-refractivity contribution in [3.8, 4) is 11.5 Å². The molecular formula is C20H21NO5S2. The quantitative estimate of drug-likeness (QED) is 0.314. The summed E-state index contributed by atoms with van der Waals surface area (Å²) in [7, 11) is 1.52. The van der Waals surface area contributed by atoms with Crippen LogP contribution in [0.1, 0.15) is 23.0 Å². The Labute approximate surface area is 172 Å². The first-order valence-corrected chi connectivity index (χ1v) is 11.3. The lowest BCUT2D eigenvalue weighted by Crippen LogP contribution is -2.37. The molecule has 148 valence electrons. The van der Waals surface area contributed by atoms with Crippen molar-refractivity contribution >= 4 is 41.3 Å². The first kappa shape index (κ1) is 19.4. The summed E-state index contributed by atoms with van der Waals surface area (Å²) in [6.45, 7) is -0.371. The van der Waals surface area contributed by atoms with Gasteiger partial charge in [-0.3, -0.25) is 14.5 Å². The number of amides is 2. The van der Waals surface area contributed by atoms with E-state index < -0.39 is 5.97 Å². The van der Waals surface area contributed by atoms with Crippen LogP contribution < -0.4 is 9.47 Å². The van der Waals surface area contributed by atoms with Crippen LogP contribution in [0, 0.1) is 11.8 Å². The Kier molecular flexibility index (Phi) is 5.68. The van der Waals surface area contributed by atoms with E-state index in [4.69, 9.17) is 9.47 Å². The highest BCUT2D eigenvalue weighted by Gasteiger charge is 2.47. The van der Waals surface area contributed by atoms with Crippen molar-refractivity contribution < 1.29 is 23.9 Å². The van der Waals surface area contributed by atoms with Gasteiger partial charge in [0.15, 0.2) is 11.5 Å². The molecular weight excluding hydrogens is 398 g/mol. The minimum absolute atomic E-state index is 0.283. The number of esters is 1. The lowest BCUT2D eigenvalue weighted by atomic mass is 9.85. The van der Waals surface area contributed by atoms with Crippen molar-refractivity contribution in [3.63, 3.8) is 0 Å². The normalized spacial score (nSPS) is 24.5. The van der Waals surface area contributed by atoms with E-state index in [1.165, 1.54) is 7.11 Å². The summed E-state index contributed by atoms with van der Waals surface area (Å²) in [4.78, 5) is 38.4. The molecule has 0 spiro atoms. The minimum atomic E-state index is -0.649. The predicted octanol–water partition coefficient (Wildman–Crippen LogP) is 3.03. The van der Waals surface area contributed by atoms with Crippen LogP contribution in [0.2, 0.25) is 0 Å². The number of carbonyl (C=O) groups is 3. The lowest BCUT2D eigenvalue weighted by Gasteiger charge is -2.16. The van der Waals surface area contributed by atoms with Gasteiger partial charge >= 0.3 is 5.97 Å². The fraction of sp³-hybridized carbons (Fsp3) is 0.450. The Morgan fingerprint density at radius 3 is 2.32 bits per heavy atom. The number of benzene rings is 1. The third-order valence-corrected chi connectivity index (χ3v) is 8.30. The Hall–Kier alpha value is -1.93. The van der Waals surface area contributed by atoms with Gasteiger partial charge in [-0.15, -0.1) is 23.5 Å². The second-order valence-electron chi connectivity index (χ2n) is 6.88. The molecule has 2 unspecified atom stereocenters. The molecule has 2 atom stereocenters. The van der Waals surface area contributed by atoms with Gasteiger partial charge < -0.3 is 9.47 Å². The van der Waals surface area contributed by atoms with Gasteiger partial charge in [0.05, 0.1) is 23.5 Å². The average molecular weight is 420 g/mol. The smallest absolute Gasteiger partial charge is 0.331 e. The summed E-state index contributed by atoms with van der Waals surface area (Å²) in [6, 6.07) is 5.52. The third-order valence-electron chi connectivity index (χ3n) is 5.19. The zero-order valence-electron chi connectivity index (χ0n) is 15.5. The minimum Gasteiger partial charge on any atom is -0.493 e. The number of nitrogens with zero attached hydrogens (tertiary/aromatic N) is 1. The van der Waals surface area contributed by atoms with Crippen molar-refractivity contribution in [1.29, 1.82) is 0 Å². The number of hydrogen-bond acceptors (Lipinski definition) is 7. The first-order valence-electron chi connectivity index (χ1n) is 9.20. The topological polar surface area (TPSA) is 72.9 Å². The van der Waals surface area contributed by atoms with E-state index in [0.29, 0.717) is 28.9 Å². The molecule has 2 aliphatic heterocycles. The molecule has 2 amide bonds. The second kappa shape index (κ2) is 8.21. The van der Waals surface area contributed by atoms with E-state index in [1.807, 2.05) is 47.8 Å². The summed E-state index contributed by atoms with van der Waals surface area (Å²) in [5.41, 5.74) is 1.12. The Bertz CT molecular complexity index is 808. The number of rotatable bonds is 5. The molecule has 0 N–H and O–H groups in total. The third kappa shape index (κ3) is 3.67. The number of likely N-dealkylation sites (tertiary alicyclic amines) is 1. The predicted molar refractivity (Wildman–Crippen MR) is 108 cm³/mol. The maximum absolute atomic E-state index is 12.5. The van der Waals surface area contributed by atoms with Crippen molar-refractivity contribution in [1.82, 2.24) is 4.90 Å². The Balaban J connectivity index is 1.43. The van der Waals surface area contributed by atoms with E-state index in [-0.39, 0.29) is 30.2 Å². The molecule has 28 heavy (non-hydrogen) atoms. The van der Waals surface area contributed by atoms with Gasteiger partial charge in [-0.25, -0.2) is 4.79 Å². The standard InChI is InChI=1S/C20H21NO5S2/c1-25-16-10-12(20-27-8-9-28-20)6-7-15(16)26-17(22)11-21-18(23)13-4-2-3-5-14(13)19(21)24/h2-3,6-7,10,13-14,20H,4-5,8-9,11H2,1H3. The van der Waals surface area contributed by atoms with E-state index in [2.05, 4.69) is 0 Å². The van der Waals surface area contributed by atoms with Crippen LogP contribution in [-0.2, 0) is 14.4 Å². The number of carbonyl (C=O) groups excluding carboxylic acids is 3. The van der Waals surface area contributed by atoms with Crippen LogP contribution in [-0.4, -0.2) is 47.8 Å². The number of fused-ring (bicyclic) bond motifs is 1. The molecule has 8 heteroatoms. The zero-order chi connectivity index (χ0) is 19.7. The molecule has 1 aromatic carbocycles. The summed E-state index contributed by atoms with van der Waals surface area (Å²) in [6.07, 6.45) is 4.93. The molecule has 1 aliphatic carbocycles. The van der Waals surface area contributed by atoms with Gasteiger partial charge in [-0.1, -0.05) is 18.2 Å². The maximum atomic E-state index is 12.5. The fourth-order valence-corrected chi connectivity index (χ4v) is 6.61. The van der Waals surface area contributed by atoms with Crippen LogP contribution >= 0.6 is 23.5 Å². The van der Waals surface area contributed by atoms with E-state index in [9.17, 15) is 14.4 Å². The Morgan fingerprint density at radius 1 is 1.07 bits per heavy atom. The summed E-state index contributed by atoms with van der Waals surface area (Å²) >= 11 is 3.76. The first-order chi connectivity index (χ1) is 13.6. The van der Waals surface area contributed by atoms with Gasteiger partial charge in [0.1, 0.15) is 6.54 Å². The highest BCUT2D eigenvalue weighted by atomic mass is 32.2. The van der Waals surface area contributed by atoms with Crippen LogP contribution in [0.4, 0.5) is 0 Å². The maximum Gasteiger partial charge on any atom is 0.331 e. The number of imide groups is 1. The SMILES string of the molecule is COc1cc(C2SCCS2)ccc1OC(=O)CN1C(=O)C2CC=CCC2C1=O. The zero-order valence-corrected chi connectivity index (χ0v) is 17.1. The van der Waals surface area contributed by atoms with Crippen molar-refractivity contribution in [2.45, 2.75) is 17.4 Å². The van der Waals surface area contributed by atoms with Crippen LogP contribution in [0.3, 0.4) is 0 Å². The summed E-state index contributed by atoms with van der Waals surface area (Å²) < 4.78 is 11.2. The molecule has 6 nitrogen and oxygen atoms in total. The summed E-state index contributed by atoms with van der Waals surface area (Å²) in [5, 5.41) is 0. The lowest BCUT2D eigenvalue weighted by molar-refractivity contribution is -0.148. The Morgan fingerprint density at radius 2 is 1.71 bits per heavy atom. The summed E-state index contributed by atoms with van der Waals surface area (Å²) in [5.74, 6) is 1.08. The molecule has 0 radical (unpaired) electrons. The molecule has 2 fully saturated rings. The van der Waals surface area contributed by atoms with Crippen molar-refractivity contribution in [2.24, 2.45) is 11.8 Å². The molecule has 0 aromatic heterocycles. The monoisotopic (exact) mass is 419 g/mol. The van der Waals surface area contributed by atoms with E-state index in [1.54, 1.807) is 6.07 Å². The number of methoxy groups -OCH3 is 1. The highest BCUT2D eigenvalue weighted by molar-refractivity contribution is 8.19. The largest absolute Gasteiger partial charge is 0.493 e. The van der Waals surface area contributed by atoms with Gasteiger partial charge in [0.25, 0.3) is 0 Å². The number of allylic oxidation sites excluding steroid dienone is 2. The van der Waals surface area contributed by atoms with Crippen LogP contribution in [0.5, 0.6) is 11.5 Å². The van der Waals surface area contributed by atoms with E-state index >= 15 is 0 Å². The molecule has 4 rings (SSSR count). The fourth-order valence-electron chi connectivity index (χ4n) is 3.77. The molecule has 2 heterocycles. The molecule has 1 aromatic rings.